The molecule has 1 heterocycles. The number of nitrogens with zero attached hydrogens (tertiary/aromatic N) is 1. The monoisotopic (exact) mass is 325 g/mol. The second kappa shape index (κ2) is 5.35. The summed E-state index contributed by atoms with van der Waals surface area (Å²) >= 11 is 0. The molecule has 0 spiro atoms. The van der Waals surface area contributed by atoms with Crippen LogP contribution >= 0.6 is 0 Å². The minimum atomic E-state index is 0.0135. The molecule has 1 aliphatic rings. The summed E-state index contributed by atoms with van der Waals surface area (Å²) in [5, 5.41) is 1.25. The average molecular weight is 325 g/mol. The fraction of sp³-hybridized carbons (Fsp3) is 0.167. The predicted molar refractivity (Wildman–Crippen MR) is 110 cm³/mol. The van der Waals surface area contributed by atoms with E-state index >= 15 is 0 Å². The number of hydrogen-bond donors (Lipinski definition) is 0. The quantitative estimate of drug-likeness (QED) is 0.476. The van der Waals surface area contributed by atoms with Crippen LogP contribution in [0.3, 0.4) is 0 Å². The van der Waals surface area contributed by atoms with Crippen molar-refractivity contribution in [3.63, 3.8) is 0 Å². The maximum Gasteiger partial charge on any atom is 0.0534 e. The Morgan fingerprint density at radius 1 is 1.04 bits per heavy atom. The molecule has 25 heavy (non-hydrogen) atoms. The topological polar surface area (TPSA) is 4.93 Å². The van der Waals surface area contributed by atoms with Crippen LogP contribution in [0.15, 0.2) is 67.9 Å². The van der Waals surface area contributed by atoms with Gasteiger partial charge in [0, 0.05) is 22.7 Å². The third-order valence-corrected chi connectivity index (χ3v) is 5.50. The molecule has 0 aliphatic heterocycles. The number of benzene rings is 2. The van der Waals surface area contributed by atoms with Crippen LogP contribution in [-0.2, 0) is 5.41 Å². The molecule has 124 valence electrons. The van der Waals surface area contributed by atoms with Crippen molar-refractivity contribution in [1.82, 2.24) is 4.57 Å². The molecule has 0 unspecified atom stereocenters. The fourth-order valence-electron chi connectivity index (χ4n) is 4.15. The van der Waals surface area contributed by atoms with E-state index in [1.807, 2.05) is 18.2 Å². The minimum Gasteiger partial charge on any atom is -0.320 e. The molecule has 0 bridgehead atoms. The van der Waals surface area contributed by atoms with E-state index in [0.29, 0.717) is 0 Å². The summed E-state index contributed by atoms with van der Waals surface area (Å²) in [6.45, 7) is 14.6. The molecule has 2 aromatic carbocycles. The van der Waals surface area contributed by atoms with Crippen molar-refractivity contribution in [3.8, 4) is 11.1 Å². The third kappa shape index (κ3) is 2.09. The Hall–Kier alpha value is -2.80. The van der Waals surface area contributed by atoms with Crippen LogP contribution in [0, 0.1) is 0 Å². The predicted octanol–water partition coefficient (Wildman–Crippen LogP) is 6.64. The van der Waals surface area contributed by atoms with Gasteiger partial charge in [-0.05, 0) is 52.9 Å². The molecular formula is C24H23N. The van der Waals surface area contributed by atoms with Gasteiger partial charge in [-0.2, -0.15) is 0 Å². The Balaban J connectivity index is 2.10. The molecule has 0 saturated heterocycles. The first-order chi connectivity index (χ1) is 12.0. The summed E-state index contributed by atoms with van der Waals surface area (Å²) < 4.78 is 2.24. The zero-order valence-electron chi connectivity index (χ0n) is 15.1. The van der Waals surface area contributed by atoms with Gasteiger partial charge < -0.3 is 4.57 Å². The van der Waals surface area contributed by atoms with E-state index in [1.54, 1.807) is 0 Å². The Kier molecular flexibility index (Phi) is 3.36. The van der Waals surface area contributed by atoms with E-state index in [1.165, 1.54) is 33.2 Å². The lowest BCUT2D eigenvalue weighted by atomic mass is 9.82. The number of rotatable bonds is 3. The summed E-state index contributed by atoms with van der Waals surface area (Å²) in [6.07, 6.45) is 7.99. The highest BCUT2D eigenvalue weighted by atomic mass is 15.0. The zero-order valence-corrected chi connectivity index (χ0v) is 15.1. The number of fused-ring (bicyclic) bond motifs is 4. The molecule has 0 fully saturated rings. The maximum absolute atomic E-state index is 4.01. The normalized spacial score (nSPS) is 15.1. The average Bonchev–Trinajstić information content (AvgIpc) is 3.08. The Morgan fingerprint density at radius 3 is 2.52 bits per heavy atom. The molecule has 0 amide bonds. The number of allylic oxidation sites excluding steroid dienone is 3. The standard InChI is InChI=1S/C24H23N/c1-6-10-16(3)25-15-17(7-2)19-13-20-18-11-8-9-12-21(18)24(4,5)22(20)14-23(19)25/h6-15H,1-2H2,3-5H3. The van der Waals surface area contributed by atoms with E-state index in [9.17, 15) is 0 Å². The van der Waals surface area contributed by atoms with Crippen LogP contribution < -0.4 is 0 Å². The van der Waals surface area contributed by atoms with Crippen molar-refractivity contribution in [2.45, 2.75) is 26.2 Å². The van der Waals surface area contributed by atoms with E-state index in [0.717, 1.165) is 11.3 Å². The largest absolute Gasteiger partial charge is 0.320 e. The highest BCUT2D eigenvalue weighted by Gasteiger charge is 2.35. The molecule has 0 radical (unpaired) electrons. The molecular weight excluding hydrogens is 302 g/mol. The van der Waals surface area contributed by atoms with Crippen molar-refractivity contribution >= 4 is 22.7 Å². The summed E-state index contributed by atoms with van der Waals surface area (Å²) in [6, 6.07) is 13.5. The second-order valence-electron chi connectivity index (χ2n) is 7.29. The molecule has 3 aromatic rings. The minimum absolute atomic E-state index is 0.0135. The van der Waals surface area contributed by atoms with Gasteiger partial charge in [0.25, 0.3) is 0 Å². The first kappa shape index (κ1) is 15.7. The van der Waals surface area contributed by atoms with Gasteiger partial charge >= 0.3 is 0 Å². The van der Waals surface area contributed by atoms with Crippen LogP contribution in [0.5, 0.6) is 0 Å². The Labute approximate surface area is 149 Å². The smallest absolute Gasteiger partial charge is 0.0534 e. The van der Waals surface area contributed by atoms with Crippen LogP contribution in [0.4, 0.5) is 0 Å². The van der Waals surface area contributed by atoms with E-state index in [4.69, 9.17) is 0 Å². The van der Waals surface area contributed by atoms with E-state index in [-0.39, 0.29) is 5.41 Å². The summed E-state index contributed by atoms with van der Waals surface area (Å²) in [5.74, 6) is 0. The maximum atomic E-state index is 4.01. The summed E-state index contributed by atoms with van der Waals surface area (Å²) in [5.41, 5.74) is 9.05. The molecule has 0 atom stereocenters. The summed E-state index contributed by atoms with van der Waals surface area (Å²) in [4.78, 5) is 0. The van der Waals surface area contributed by atoms with Crippen LogP contribution in [0.2, 0.25) is 0 Å². The van der Waals surface area contributed by atoms with Gasteiger partial charge in [0.15, 0.2) is 0 Å². The van der Waals surface area contributed by atoms with Crippen LogP contribution in [0.25, 0.3) is 33.8 Å². The first-order valence-electron chi connectivity index (χ1n) is 8.70. The lowest BCUT2D eigenvalue weighted by molar-refractivity contribution is 0.661. The highest BCUT2D eigenvalue weighted by molar-refractivity contribution is 5.98. The van der Waals surface area contributed by atoms with Gasteiger partial charge in [-0.1, -0.05) is 63.4 Å². The molecule has 0 saturated carbocycles. The molecule has 4 rings (SSSR count). The zero-order chi connectivity index (χ0) is 17.8. The first-order valence-corrected chi connectivity index (χ1v) is 8.70. The van der Waals surface area contributed by atoms with E-state index in [2.05, 4.69) is 81.1 Å². The molecule has 0 N–H and O–H groups in total. The number of aromatic nitrogens is 1. The molecule has 1 aliphatic carbocycles. The van der Waals surface area contributed by atoms with Gasteiger partial charge in [-0.25, -0.2) is 0 Å². The van der Waals surface area contributed by atoms with Crippen molar-refractivity contribution in [1.29, 1.82) is 0 Å². The fourth-order valence-corrected chi connectivity index (χ4v) is 4.15. The van der Waals surface area contributed by atoms with Crippen molar-refractivity contribution in [3.05, 3.63) is 84.6 Å². The lowest BCUT2D eigenvalue weighted by Gasteiger charge is -2.21. The van der Waals surface area contributed by atoms with Gasteiger partial charge in [0.2, 0.25) is 0 Å². The van der Waals surface area contributed by atoms with Crippen molar-refractivity contribution in [2.75, 3.05) is 0 Å². The SMILES string of the molecule is C=CC=C(C)n1cc(C=C)c2cc3c(cc21)C(C)(C)c1ccccc1-3. The van der Waals surface area contributed by atoms with Gasteiger partial charge in [0.05, 0.1) is 5.52 Å². The second-order valence-corrected chi connectivity index (χ2v) is 7.29. The molecule has 1 nitrogen and oxygen atoms in total. The Morgan fingerprint density at radius 2 is 1.80 bits per heavy atom. The van der Waals surface area contributed by atoms with Crippen molar-refractivity contribution < 1.29 is 0 Å². The third-order valence-electron chi connectivity index (χ3n) is 5.50. The van der Waals surface area contributed by atoms with Gasteiger partial charge in [0.1, 0.15) is 0 Å². The van der Waals surface area contributed by atoms with Gasteiger partial charge in [-0.15, -0.1) is 0 Å². The van der Waals surface area contributed by atoms with Crippen LogP contribution in [-0.4, -0.2) is 4.57 Å². The summed E-state index contributed by atoms with van der Waals surface area (Å²) in [7, 11) is 0. The molecule has 1 heteroatoms. The Bertz CT molecular complexity index is 1060. The van der Waals surface area contributed by atoms with Crippen LogP contribution in [0.1, 0.15) is 37.5 Å². The lowest BCUT2D eigenvalue weighted by Crippen LogP contribution is -2.14. The molecule has 1 aromatic heterocycles. The van der Waals surface area contributed by atoms with Crippen molar-refractivity contribution in [2.24, 2.45) is 0 Å². The highest BCUT2D eigenvalue weighted by Crippen LogP contribution is 2.50. The van der Waals surface area contributed by atoms with E-state index < -0.39 is 0 Å². The number of hydrogen-bond acceptors (Lipinski definition) is 0. The van der Waals surface area contributed by atoms with Gasteiger partial charge in [-0.3, -0.25) is 0 Å².